The molecule has 0 fully saturated rings. The molecule has 1 aromatic carbocycles. The molecule has 0 atom stereocenters. The third-order valence-corrected chi connectivity index (χ3v) is 2.78. The highest BCUT2D eigenvalue weighted by molar-refractivity contribution is 5.94. The van der Waals surface area contributed by atoms with Crippen LogP contribution in [0.1, 0.15) is 26.2 Å². The predicted octanol–water partition coefficient (Wildman–Crippen LogP) is 1.86. The quantitative estimate of drug-likeness (QED) is 0.831. The van der Waals surface area contributed by atoms with Gasteiger partial charge in [0.2, 0.25) is 11.8 Å². The third kappa shape index (κ3) is 5.09. The Hall–Kier alpha value is -2.37. The first-order valence-electron chi connectivity index (χ1n) is 6.26. The summed E-state index contributed by atoms with van der Waals surface area (Å²) in [5, 5.41) is 11.2. The maximum atomic E-state index is 11.6. The third-order valence-electron chi connectivity index (χ3n) is 2.78. The number of nitrogens with zero attached hydrogens (tertiary/aromatic N) is 1. The van der Waals surface area contributed by atoms with Gasteiger partial charge >= 0.3 is 5.97 Å². The molecule has 1 rings (SSSR count). The molecule has 0 aliphatic carbocycles. The molecule has 1 aromatic rings. The van der Waals surface area contributed by atoms with E-state index in [9.17, 15) is 14.4 Å². The van der Waals surface area contributed by atoms with Crippen LogP contribution < -0.4 is 10.2 Å². The van der Waals surface area contributed by atoms with Gasteiger partial charge < -0.3 is 15.3 Å². The number of amides is 2. The lowest BCUT2D eigenvalue weighted by Crippen LogP contribution is -2.23. The molecule has 0 saturated carbocycles. The Balaban J connectivity index is 2.59. The Morgan fingerprint density at radius 3 is 2.55 bits per heavy atom. The van der Waals surface area contributed by atoms with Gasteiger partial charge in [0, 0.05) is 38.2 Å². The average Bonchev–Trinajstić information content (AvgIpc) is 2.37. The standard InChI is InChI=1S/C14H18N2O4/c1-10(17)16(2)12-6-3-5-11(9-12)15-13(18)7-4-8-14(19)20/h3,5-6,9H,4,7-8H2,1-2H3,(H,15,18)(H,19,20). The molecule has 0 aliphatic rings. The van der Waals surface area contributed by atoms with Gasteiger partial charge in [-0.3, -0.25) is 14.4 Å². The summed E-state index contributed by atoms with van der Waals surface area (Å²) in [5.74, 6) is -1.26. The van der Waals surface area contributed by atoms with Gasteiger partial charge in [-0.2, -0.15) is 0 Å². The number of carbonyl (C=O) groups excluding carboxylic acids is 2. The molecule has 0 radical (unpaired) electrons. The monoisotopic (exact) mass is 278 g/mol. The van der Waals surface area contributed by atoms with Crippen molar-refractivity contribution in [1.82, 2.24) is 0 Å². The second kappa shape index (κ2) is 7.28. The van der Waals surface area contributed by atoms with Gasteiger partial charge in [0.05, 0.1) is 0 Å². The normalized spacial score (nSPS) is 9.90. The van der Waals surface area contributed by atoms with Crippen molar-refractivity contribution in [2.45, 2.75) is 26.2 Å². The second-order valence-electron chi connectivity index (χ2n) is 4.42. The molecule has 0 heterocycles. The van der Waals surface area contributed by atoms with Gasteiger partial charge in [-0.25, -0.2) is 0 Å². The first-order chi connectivity index (χ1) is 9.40. The van der Waals surface area contributed by atoms with Gasteiger partial charge in [0.15, 0.2) is 0 Å². The van der Waals surface area contributed by atoms with Crippen molar-refractivity contribution in [3.05, 3.63) is 24.3 Å². The van der Waals surface area contributed by atoms with Crippen LogP contribution in [0, 0.1) is 0 Å². The number of carboxylic acids is 1. The molecule has 0 aliphatic heterocycles. The number of anilines is 2. The van der Waals surface area contributed by atoms with Crippen LogP contribution in [-0.4, -0.2) is 29.9 Å². The van der Waals surface area contributed by atoms with Crippen LogP contribution in [0.15, 0.2) is 24.3 Å². The van der Waals surface area contributed by atoms with Crippen LogP contribution in [-0.2, 0) is 14.4 Å². The summed E-state index contributed by atoms with van der Waals surface area (Å²) in [7, 11) is 1.65. The summed E-state index contributed by atoms with van der Waals surface area (Å²) in [5.41, 5.74) is 1.26. The molecule has 0 bridgehead atoms. The molecular formula is C14H18N2O4. The fraction of sp³-hybridized carbons (Fsp3) is 0.357. The zero-order valence-corrected chi connectivity index (χ0v) is 11.5. The molecule has 2 N–H and O–H groups in total. The highest BCUT2D eigenvalue weighted by Crippen LogP contribution is 2.18. The maximum Gasteiger partial charge on any atom is 0.303 e. The van der Waals surface area contributed by atoms with E-state index in [1.54, 1.807) is 31.3 Å². The van der Waals surface area contributed by atoms with Crippen LogP contribution in [0.5, 0.6) is 0 Å². The van der Waals surface area contributed by atoms with Crippen LogP contribution in [0.4, 0.5) is 11.4 Å². The van der Waals surface area contributed by atoms with Crippen molar-refractivity contribution < 1.29 is 19.5 Å². The van der Waals surface area contributed by atoms with E-state index in [0.717, 1.165) is 0 Å². The van der Waals surface area contributed by atoms with E-state index in [-0.39, 0.29) is 24.7 Å². The van der Waals surface area contributed by atoms with Crippen molar-refractivity contribution in [2.24, 2.45) is 0 Å². The molecule has 0 saturated heterocycles. The van der Waals surface area contributed by atoms with Crippen molar-refractivity contribution in [1.29, 1.82) is 0 Å². The molecule has 0 aromatic heterocycles. The van der Waals surface area contributed by atoms with E-state index in [1.165, 1.54) is 11.8 Å². The van der Waals surface area contributed by atoms with Gasteiger partial charge in [-0.05, 0) is 24.6 Å². The topological polar surface area (TPSA) is 86.7 Å². The Morgan fingerprint density at radius 1 is 1.25 bits per heavy atom. The molecule has 0 spiro atoms. The Morgan fingerprint density at radius 2 is 1.95 bits per heavy atom. The number of carboxylic acid groups (broad SMARTS) is 1. The first-order valence-corrected chi connectivity index (χ1v) is 6.26. The van der Waals surface area contributed by atoms with Crippen molar-refractivity contribution in [3.8, 4) is 0 Å². The fourth-order valence-electron chi connectivity index (χ4n) is 1.60. The lowest BCUT2D eigenvalue weighted by molar-refractivity contribution is -0.137. The Kier molecular flexibility index (Phi) is 5.71. The number of benzene rings is 1. The smallest absolute Gasteiger partial charge is 0.303 e. The largest absolute Gasteiger partial charge is 0.481 e. The van der Waals surface area contributed by atoms with Gasteiger partial charge in [0.25, 0.3) is 0 Å². The zero-order valence-electron chi connectivity index (χ0n) is 11.5. The van der Waals surface area contributed by atoms with E-state index >= 15 is 0 Å². The predicted molar refractivity (Wildman–Crippen MR) is 75.6 cm³/mol. The number of hydrogen-bond donors (Lipinski definition) is 2. The molecule has 108 valence electrons. The number of nitrogens with one attached hydrogen (secondary N) is 1. The highest BCUT2D eigenvalue weighted by Gasteiger charge is 2.08. The summed E-state index contributed by atoms with van der Waals surface area (Å²) in [4.78, 5) is 34.7. The molecular weight excluding hydrogens is 260 g/mol. The van der Waals surface area contributed by atoms with E-state index in [2.05, 4.69) is 5.32 Å². The van der Waals surface area contributed by atoms with E-state index < -0.39 is 5.97 Å². The first kappa shape index (κ1) is 15.7. The molecule has 6 heteroatoms. The van der Waals surface area contributed by atoms with Crippen molar-refractivity contribution >= 4 is 29.2 Å². The minimum Gasteiger partial charge on any atom is -0.481 e. The average molecular weight is 278 g/mol. The summed E-state index contributed by atoms with van der Waals surface area (Å²) in [6.45, 7) is 1.46. The maximum absolute atomic E-state index is 11.6. The molecule has 6 nitrogen and oxygen atoms in total. The number of hydrogen-bond acceptors (Lipinski definition) is 3. The Bertz CT molecular complexity index is 514. The Labute approximate surface area is 117 Å². The van der Waals surface area contributed by atoms with Crippen LogP contribution >= 0.6 is 0 Å². The SMILES string of the molecule is CC(=O)N(C)c1cccc(NC(=O)CCCC(=O)O)c1. The minimum atomic E-state index is -0.914. The molecule has 20 heavy (non-hydrogen) atoms. The lowest BCUT2D eigenvalue weighted by Gasteiger charge is -2.16. The van der Waals surface area contributed by atoms with Crippen molar-refractivity contribution in [2.75, 3.05) is 17.3 Å². The lowest BCUT2D eigenvalue weighted by atomic mass is 10.2. The molecule has 2 amide bonds. The number of aliphatic carboxylic acids is 1. The zero-order chi connectivity index (χ0) is 15.1. The van der Waals surface area contributed by atoms with Gasteiger partial charge in [-0.15, -0.1) is 0 Å². The highest BCUT2D eigenvalue weighted by atomic mass is 16.4. The molecule has 0 unspecified atom stereocenters. The van der Waals surface area contributed by atoms with Crippen LogP contribution in [0.25, 0.3) is 0 Å². The van der Waals surface area contributed by atoms with Crippen molar-refractivity contribution in [3.63, 3.8) is 0 Å². The summed E-state index contributed by atoms with van der Waals surface area (Å²) in [6, 6.07) is 6.91. The van der Waals surface area contributed by atoms with E-state index in [0.29, 0.717) is 17.8 Å². The summed E-state index contributed by atoms with van der Waals surface area (Å²) < 4.78 is 0. The second-order valence-corrected chi connectivity index (χ2v) is 4.42. The van der Waals surface area contributed by atoms with Crippen LogP contribution in [0.3, 0.4) is 0 Å². The fourth-order valence-corrected chi connectivity index (χ4v) is 1.60. The summed E-state index contributed by atoms with van der Waals surface area (Å²) in [6.07, 6.45) is 0.424. The van der Waals surface area contributed by atoms with Crippen LogP contribution in [0.2, 0.25) is 0 Å². The van der Waals surface area contributed by atoms with E-state index in [1.807, 2.05) is 0 Å². The van der Waals surface area contributed by atoms with Gasteiger partial charge in [-0.1, -0.05) is 6.07 Å². The minimum absolute atomic E-state index is 0.0272. The van der Waals surface area contributed by atoms with Gasteiger partial charge in [0.1, 0.15) is 0 Å². The van der Waals surface area contributed by atoms with E-state index in [4.69, 9.17) is 5.11 Å². The summed E-state index contributed by atoms with van der Waals surface area (Å²) >= 11 is 0. The number of rotatable bonds is 6. The number of carbonyl (C=O) groups is 3.